The number of hydrogen-bond donors (Lipinski definition) is 0. The Labute approximate surface area is 176 Å². The van der Waals surface area contributed by atoms with Crippen LogP contribution >= 0.6 is 23.2 Å². The van der Waals surface area contributed by atoms with Crippen LogP contribution in [0.5, 0.6) is 5.75 Å². The van der Waals surface area contributed by atoms with Gasteiger partial charge in [0.25, 0.3) is 0 Å². The van der Waals surface area contributed by atoms with E-state index in [2.05, 4.69) is 4.90 Å². The maximum absolute atomic E-state index is 13.2. The van der Waals surface area contributed by atoms with Crippen LogP contribution in [0.4, 0.5) is 5.69 Å². The maximum atomic E-state index is 13.2. The Morgan fingerprint density at radius 3 is 2.32 bits per heavy atom. The molecule has 0 atom stereocenters. The van der Waals surface area contributed by atoms with Gasteiger partial charge >= 0.3 is 0 Å². The van der Waals surface area contributed by atoms with Crippen molar-refractivity contribution in [2.45, 2.75) is 25.7 Å². The van der Waals surface area contributed by atoms with Crippen LogP contribution in [0.3, 0.4) is 0 Å². The summed E-state index contributed by atoms with van der Waals surface area (Å²) in [6.45, 7) is 7.95. The lowest BCUT2D eigenvalue weighted by molar-refractivity contribution is 0.336. The fourth-order valence-corrected chi connectivity index (χ4v) is 5.49. The van der Waals surface area contributed by atoms with Crippen LogP contribution in [0.25, 0.3) is 0 Å². The summed E-state index contributed by atoms with van der Waals surface area (Å²) in [5.41, 5.74) is 2.48. The summed E-state index contributed by atoms with van der Waals surface area (Å²) < 4.78 is 33.6. The molecule has 152 valence electrons. The molecule has 1 aliphatic heterocycles. The van der Waals surface area contributed by atoms with E-state index >= 15 is 0 Å². The molecule has 2 aromatic rings. The molecule has 0 bridgehead atoms. The highest BCUT2D eigenvalue weighted by molar-refractivity contribution is 7.89. The summed E-state index contributed by atoms with van der Waals surface area (Å²) in [7, 11) is -3.61. The van der Waals surface area contributed by atoms with Gasteiger partial charge < -0.3 is 9.64 Å². The summed E-state index contributed by atoms with van der Waals surface area (Å²) in [4.78, 5) is 2.37. The molecule has 0 amide bonds. The zero-order valence-electron chi connectivity index (χ0n) is 16.2. The molecule has 0 saturated carbocycles. The zero-order valence-corrected chi connectivity index (χ0v) is 18.5. The van der Waals surface area contributed by atoms with Gasteiger partial charge in [-0.2, -0.15) is 4.31 Å². The smallest absolute Gasteiger partial charge is 0.243 e. The first-order valence-electron chi connectivity index (χ1n) is 9.18. The van der Waals surface area contributed by atoms with Crippen LogP contribution < -0.4 is 9.64 Å². The molecule has 0 radical (unpaired) electrons. The highest BCUT2D eigenvalue weighted by atomic mass is 35.5. The Morgan fingerprint density at radius 1 is 1.00 bits per heavy atom. The highest BCUT2D eigenvalue weighted by Gasteiger charge is 2.31. The van der Waals surface area contributed by atoms with E-state index < -0.39 is 10.0 Å². The van der Waals surface area contributed by atoms with Crippen molar-refractivity contribution in [2.24, 2.45) is 0 Å². The van der Waals surface area contributed by atoms with Crippen LogP contribution in [0, 0.1) is 13.8 Å². The van der Waals surface area contributed by atoms with E-state index in [-0.39, 0.29) is 0 Å². The normalized spacial score (nSPS) is 15.7. The zero-order chi connectivity index (χ0) is 20.5. The van der Waals surface area contributed by atoms with Crippen molar-refractivity contribution < 1.29 is 13.2 Å². The first kappa shape index (κ1) is 21.2. The molecule has 5 nitrogen and oxygen atoms in total. The van der Waals surface area contributed by atoms with E-state index in [1.54, 1.807) is 18.2 Å². The quantitative estimate of drug-likeness (QED) is 0.682. The maximum Gasteiger partial charge on any atom is 0.243 e. The molecule has 0 aromatic heterocycles. The molecule has 1 fully saturated rings. The molecule has 0 unspecified atom stereocenters. The van der Waals surface area contributed by atoms with Gasteiger partial charge in [-0.25, -0.2) is 8.42 Å². The number of anilines is 1. The number of aryl methyl sites for hydroxylation is 2. The highest BCUT2D eigenvalue weighted by Crippen LogP contribution is 2.32. The van der Waals surface area contributed by atoms with Crippen LogP contribution in [-0.4, -0.2) is 45.5 Å². The third kappa shape index (κ3) is 4.25. The van der Waals surface area contributed by atoms with Gasteiger partial charge in [0.1, 0.15) is 5.75 Å². The van der Waals surface area contributed by atoms with E-state index in [9.17, 15) is 8.42 Å². The average Bonchev–Trinajstić information content (AvgIpc) is 2.66. The van der Waals surface area contributed by atoms with Crippen molar-refractivity contribution in [2.75, 3.05) is 37.7 Å². The number of nitrogens with zero attached hydrogens (tertiary/aromatic N) is 2. The summed E-state index contributed by atoms with van der Waals surface area (Å²) in [5, 5.41) is 1.21. The van der Waals surface area contributed by atoms with Gasteiger partial charge in [0.2, 0.25) is 10.0 Å². The van der Waals surface area contributed by atoms with Crippen LogP contribution in [0.15, 0.2) is 35.2 Å². The largest absolute Gasteiger partial charge is 0.494 e. The Bertz CT molecular complexity index is 972. The minimum Gasteiger partial charge on any atom is -0.494 e. The lowest BCUT2D eigenvalue weighted by Crippen LogP contribution is -2.48. The molecule has 8 heteroatoms. The molecule has 3 rings (SSSR count). The van der Waals surface area contributed by atoms with Crippen LogP contribution in [0.2, 0.25) is 10.0 Å². The summed E-state index contributed by atoms with van der Waals surface area (Å²) in [6, 6.07) is 8.81. The van der Waals surface area contributed by atoms with Crippen molar-refractivity contribution >= 4 is 38.9 Å². The van der Waals surface area contributed by atoms with E-state index in [0.29, 0.717) is 53.5 Å². The summed E-state index contributed by atoms with van der Waals surface area (Å²) in [5.74, 6) is 0.607. The third-order valence-corrected chi connectivity index (χ3v) is 7.47. The second-order valence-corrected chi connectivity index (χ2v) is 9.55. The lowest BCUT2D eigenvalue weighted by atomic mass is 10.1. The predicted molar refractivity (Wildman–Crippen MR) is 115 cm³/mol. The van der Waals surface area contributed by atoms with Crippen molar-refractivity contribution in [1.82, 2.24) is 4.31 Å². The van der Waals surface area contributed by atoms with Crippen molar-refractivity contribution in [1.29, 1.82) is 0 Å². The first-order chi connectivity index (χ1) is 13.2. The number of halogens is 2. The molecule has 0 N–H and O–H groups in total. The van der Waals surface area contributed by atoms with Gasteiger partial charge in [-0.3, -0.25) is 0 Å². The third-order valence-electron chi connectivity index (χ3n) is 4.88. The van der Waals surface area contributed by atoms with Crippen molar-refractivity contribution in [3.63, 3.8) is 0 Å². The number of sulfonamides is 1. The summed E-state index contributed by atoms with van der Waals surface area (Å²) in [6.07, 6.45) is 0. The second-order valence-electron chi connectivity index (χ2n) is 6.80. The molecule has 2 aromatic carbocycles. The molecule has 28 heavy (non-hydrogen) atoms. The number of piperazine rings is 1. The minimum absolute atomic E-state index is 0.302. The molecule has 1 saturated heterocycles. The van der Waals surface area contributed by atoms with Gasteiger partial charge in [-0.05, 0) is 50.1 Å². The molecule has 0 spiro atoms. The van der Waals surface area contributed by atoms with Crippen molar-refractivity contribution in [3.05, 3.63) is 51.5 Å². The molecule has 1 aliphatic rings. The van der Waals surface area contributed by atoms with Gasteiger partial charge in [0.15, 0.2) is 0 Å². The molecular weight excluding hydrogens is 419 g/mol. The second kappa shape index (κ2) is 8.49. The molecule has 1 heterocycles. The van der Waals surface area contributed by atoms with Gasteiger partial charge in [-0.15, -0.1) is 0 Å². The van der Waals surface area contributed by atoms with Crippen LogP contribution in [0.1, 0.15) is 18.1 Å². The minimum atomic E-state index is -3.61. The van der Waals surface area contributed by atoms with Gasteiger partial charge in [-0.1, -0.05) is 29.3 Å². The number of hydrogen-bond acceptors (Lipinski definition) is 4. The summed E-state index contributed by atoms with van der Waals surface area (Å²) >= 11 is 12.4. The predicted octanol–water partition coefficient (Wildman–Crippen LogP) is 4.52. The van der Waals surface area contributed by atoms with Gasteiger partial charge in [0.05, 0.1) is 22.2 Å². The average molecular weight is 443 g/mol. The van der Waals surface area contributed by atoms with Crippen LogP contribution in [-0.2, 0) is 10.0 Å². The monoisotopic (exact) mass is 442 g/mol. The van der Waals surface area contributed by atoms with E-state index in [1.807, 2.05) is 32.9 Å². The number of benzene rings is 2. The fourth-order valence-electron chi connectivity index (χ4n) is 3.44. The topological polar surface area (TPSA) is 49.9 Å². The fraction of sp³-hybridized carbons (Fsp3) is 0.400. The lowest BCUT2D eigenvalue weighted by Gasteiger charge is -2.36. The SMILES string of the molecule is CCOc1cc(S(=O)(=O)N2CCN(c3cc(Cl)ccc3Cl)CC2)c(C)cc1C. The molecular formula is C20H24Cl2N2O3S. The standard InChI is InChI=1S/C20H24Cl2N2O3S/c1-4-27-19-13-20(15(3)11-14(19)2)28(25,26)24-9-7-23(8-10-24)18-12-16(21)5-6-17(18)22/h5-6,11-13H,4,7-10H2,1-3H3. The number of ether oxygens (including phenoxy) is 1. The van der Waals surface area contributed by atoms with Gasteiger partial charge in [0, 0.05) is 37.3 Å². The van der Waals surface area contributed by atoms with Crippen molar-refractivity contribution in [3.8, 4) is 5.75 Å². The number of rotatable bonds is 5. The Balaban J connectivity index is 1.82. The Kier molecular flexibility index (Phi) is 6.44. The van der Waals surface area contributed by atoms with E-state index in [1.165, 1.54) is 4.31 Å². The van der Waals surface area contributed by atoms with E-state index in [4.69, 9.17) is 27.9 Å². The molecule has 0 aliphatic carbocycles. The Morgan fingerprint density at radius 2 is 1.68 bits per heavy atom. The first-order valence-corrected chi connectivity index (χ1v) is 11.4. The Hall–Kier alpha value is -1.47. The van der Waals surface area contributed by atoms with E-state index in [0.717, 1.165) is 16.8 Å².